The van der Waals surface area contributed by atoms with Gasteiger partial charge in [-0.2, -0.15) is 5.10 Å². The second-order valence-corrected chi connectivity index (χ2v) is 4.49. The lowest BCUT2D eigenvalue weighted by Gasteiger charge is -2.07. The number of carboxylic acids is 1. The first kappa shape index (κ1) is 12.6. The highest BCUT2D eigenvalue weighted by Gasteiger charge is 2.13. The third-order valence-corrected chi connectivity index (χ3v) is 3.23. The average molecular weight is 264 g/mol. The van der Waals surface area contributed by atoms with Crippen LogP contribution in [0.25, 0.3) is 0 Å². The molecule has 2 rings (SSSR count). The first-order chi connectivity index (χ1) is 8.50. The van der Waals surface area contributed by atoms with E-state index in [0.29, 0.717) is 23.0 Å². The molecule has 2 aromatic rings. The predicted molar refractivity (Wildman–Crippen MR) is 66.6 cm³/mol. The highest BCUT2D eigenvalue weighted by molar-refractivity contribution is 6.31. The first-order valence-electron chi connectivity index (χ1n) is 5.49. The summed E-state index contributed by atoms with van der Waals surface area (Å²) in [7, 11) is 0. The number of benzene rings is 1. The SMILES string of the molecule is Cc1nn(Cc2ccccc2Cl)c(C)c1C(=O)[O-]. The van der Waals surface area contributed by atoms with E-state index in [9.17, 15) is 9.90 Å². The highest BCUT2D eigenvalue weighted by Crippen LogP contribution is 2.19. The molecule has 0 radical (unpaired) electrons. The summed E-state index contributed by atoms with van der Waals surface area (Å²) >= 11 is 6.07. The van der Waals surface area contributed by atoms with E-state index >= 15 is 0 Å². The molecule has 0 unspecified atom stereocenters. The minimum Gasteiger partial charge on any atom is -0.545 e. The topological polar surface area (TPSA) is 58.0 Å². The zero-order valence-corrected chi connectivity index (χ0v) is 10.9. The Bertz CT molecular complexity index is 605. The number of carbonyl (C=O) groups excluding carboxylic acids is 1. The van der Waals surface area contributed by atoms with Crippen LogP contribution in [0.2, 0.25) is 5.02 Å². The van der Waals surface area contributed by atoms with E-state index in [1.807, 2.05) is 18.2 Å². The van der Waals surface area contributed by atoms with Crippen molar-refractivity contribution in [2.45, 2.75) is 20.4 Å². The van der Waals surface area contributed by atoms with Gasteiger partial charge in [0.05, 0.1) is 18.2 Å². The summed E-state index contributed by atoms with van der Waals surface area (Å²) in [5, 5.41) is 15.8. The van der Waals surface area contributed by atoms with E-state index in [1.54, 1.807) is 24.6 Å². The van der Waals surface area contributed by atoms with Gasteiger partial charge in [-0.25, -0.2) is 0 Å². The molecule has 18 heavy (non-hydrogen) atoms. The van der Waals surface area contributed by atoms with Gasteiger partial charge in [0.1, 0.15) is 0 Å². The van der Waals surface area contributed by atoms with Crippen molar-refractivity contribution in [3.63, 3.8) is 0 Å². The fourth-order valence-electron chi connectivity index (χ4n) is 1.93. The van der Waals surface area contributed by atoms with Gasteiger partial charge in [-0.3, -0.25) is 4.68 Å². The summed E-state index contributed by atoms with van der Waals surface area (Å²) in [4.78, 5) is 11.0. The lowest BCUT2D eigenvalue weighted by Crippen LogP contribution is -2.23. The smallest absolute Gasteiger partial charge is 0.0752 e. The molecular formula is C13H12ClN2O2-. The molecule has 5 heteroatoms. The Kier molecular flexibility index (Phi) is 3.39. The van der Waals surface area contributed by atoms with Crippen LogP contribution in [0.5, 0.6) is 0 Å². The second-order valence-electron chi connectivity index (χ2n) is 4.08. The van der Waals surface area contributed by atoms with Crippen LogP contribution in [0.4, 0.5) is 0 Å². The maximum atomic E-state index is 11.0. The number of carbonyl (C=O) groups is 1. The fourth-order valence-corrected chi connectivity index (χ4v) is 2.13. The zero-order chi connectivity index (χ0) is 13.3. The molecule has 0 bridgehead atoms. The number of halogens is 1. The summed E-state index contributed by atoms with van der Waals surface area (Å²) in [5.41, 5.74) is 2.09. The molecular weight excluding hydrogens is 252 g/mol. The largest absolute Gasteiger partial charge is 0.545 e. The Balaban J connectivity index is 2.39. The van der Waals surface area contributed by atoms with E-state index in [4.69, 9.17) is 11.6 Å². The molecule has 0 saturated carbocycles. The van der Waals surface area contributed by atoms with Gasteiger partial charge in [0, 0.05) is 16.3 Å². The van der Waals surface area contributed by atoms with Gasteiger partial charge in [-0.15, -0.1) is 0 Å². The lowest BCUT2D eigenvalue weighted by molar-refractivity contribution is -0.255. The molecule has 0 spiro atoms. The number of hydrogen-bond donors (Lipinski definition) is 0. The minimum atomic E-state index is -1.20. The maximum Gasteiger partial charge on any atom is 0.0752 e. The van der Waals surface area contributed by atoms with E-state index in [-0.39, 0.29) is 5.56 Å². The molecule has 4 nitrogen and oxygen atoms in total. The van der Waals surface area contributed by atoms with Gasteiger partial charge in [0.25, 0.3) is 0 Å². The Morgan fingerprint density at radius 2 is 2.06 bits per heavy atom. The number of aromatic nitrogens is 2. The quantitative estimate of drug-likeness (QED) is 0.845. The third-order valence-electron chi connectivity index (χ3n) is 2.86. The van der Waals surface area contributed by atoms with Crippen molar-refractivity contribution in [1.29, 1.82) is 0 Å². The molecule has 1 aromatic carbocycles. The number of carboxylic acid groups (broad SMARTS) is 1. The van der Waals surface area contributed by atoms with Crippen LogP contribution >= 0.6 is 11.6 Å². The van der Waals surface area contributed by atoms with Gasteiger partial charge in [-0.05, 0) is 25.5 Å². The van der Waals surface area contributed by atoms with Gasteiger partial charge >= 0.3 is 0 Å². The molecule has 1 heterocycles. The molecule has 0 aliphatic heterocycles. The molecule has 0 aliphatic carbocycles. The normalized spacial score (nSPS) is 10.6. The van der Waals surface area contributed by atoms with E-state index in [0.717, 1.165) is 5.56 Å². The third kappa shape index (κ3) is 2.24. The zero-order valence-electron chi connectivity index (χ0n) is 10.1. The molecule has 0 fully saturated rings. The standard InChI is InChI=1S/C13H13ClN2O2/c1-8-12(13(17)18)9(2)16(15-8)7-10-5-3-4-6-11(10)14/h3-6H,7H2,1-2H3,(H,17,18)/p-1. The second kappa shape index (κ2) is 4.82. The number of rotatable bonds is 3. The van der Waals surface area contributed by atoms with E-state index < -0.39 is 5.97 Å². The van der Waals surface area contributed by atoms with Crippen LogP contribution in [0.15, 0.2) is 24.3 Å². The van der Waals surface area contributed by atoms with Gasteiger partial charge in [0.15, 0.2) is 0 Å². The van der Waals surface area contributed by atoms with Gasteiger partial charge in [0.2, 0.25) is 0 Å². The average Bonchev–Trinajstić information content (AvgIpc) is 2.57. The Morgan fingerprint density at radius 1 is 1.39 bits per heavy atom. The van der Waals surface area contributed by atoms with Crippen molar-refractivity contribution in [3.05, 3.63) is 51.8 Å². The Morgan fingerprint density at radius 3 is 2.61 bits per heavy atom. The molecule has 94 valence electrons. The molecule has 1 aromatic heterocycles. The molecule has 0 aliphatic rings. The van der Waals surface area contributed by atoms with Crippen molar-refractivity contribution in [3.8, 4) is 0 Å². The van der Waals surface area contributed by atoms with Crippen LogP contribution in [-0.2, 0) is 6.54 Å². The van der Waals surface area contributed by atoms with Crippen LogP contribution < -0.4 is 5.11 Å². The van der Waals surface area contributed by atoms with Crippen LogP contribution in [0.3, 0.4) is 0 Å². The summed E-state index contributed by atoms with van der Waals surface area (Å²) in [6, 6.07) is 7.41. The minimum absolute atomic E-state index is 0.155. The highest BCUT2D eigenvalue weighted by atomic mass is 35.5. The van der Waals surface area contributed by atoms with Crippen molar-refractivity contribution >= 4 is 17.6 Å². The molecule has 0 N–H and O–H groups in total. The van der Waals surface area contributed by atoms with Crippen LogP contribution in [-0.4, -0.2) is 15.7 Å². The maximum absolute atomic E-state index is 11.0. The number of nitrogens with zero attached hydrogens (tertiary/aromatic N) is 2. The summed E-state index contributed by atoms with van der Waals surface area (Å²) in [6.45, 7) is 3.81. The molecule has 0 amide bonds. The first-order valence-corrected chi connectivity index (χ1v) is 5.87. The van der Waals surface area contributed by atoms with Gasteiger partial charge < -0.3 is 9.90 Å². The Hall–Kier alpha value is -1.81. The van der Waals surface area contributed by atoms with Crippen molar-refractivity contribution < 1.29 is 9.90 Å². The number of hydrogen-bond acceptors (Lipinski definition) is 3. The molecule has 0 saturated heterocycles. The van der Waals surface area contributed by atoms with E-state index in [1.165, 1.54) is 0 Å². The number of aromatic carboxylic acids is 1. The molecule has 0 atom stereocenters. The van der Waals surface area contributed by atoms with Crippen molar-refractivity contribution in [2.24, 2.45) is 0 Å². The lowest BCUT2D eigenvalue weighted by atomic mass is 10.2. The van der Waals surface area contributed by atoms with Crippen molar-refractivity contribution in [2.75, 3.05) is 0 Å². The van der Waals surface area contributed by atoms with Crippen molar-refractivity contribution in [1.82, 2.24) is 9.78 Å². The monoisotopic (exact) mass is 263 g/mol. The predicted octanol–water partition coefficient (Wildman–Crippen LogP) is 1.57. The Labute approximate surface area is 110 Å². The summed E-state index contributed by atoms with van der Waals surface area (Å²) < 4.78 is 1.63. The van der Waals surface area contributed by atoms with E-state index in [2.05, 4.69) is 5.10 Å². The van der Waals surface area contributed by atoms with Crippen LogP contribution in [0.1, 0.15) is 27.3 Å². The summed E-state index contributed by atoms with van der Waals surface area (Å²) in [5.74, 6) is -1.20. The fraction of sp³-hybridized carbons (Fsp3) is 0.231. The number of aryl methyl sites for hydroxylation is 1. The van der Waals surface area contributed by atoms with Crippen LogP contribution in [0, 0.1) is 13.8 Å². The van der Waals surface area contributed by atoms with Gasteiger partial charge in [-0.1, -0.05) is 29.8 Å². The summed E-state index contributed by atoms with van der Waals surface area (Å²) in [6.07, 6.45) is 0.